The molecule has 0 spiro atoms. The molecule has 3 N–H and O–H groups in total. The van der Waals surface area contributed by atoms with Crippen molar-refractivity contribution in [3.05, 3.63) is 15.6 Å². The normalized spacial score (nSPS) is 11.6. The number of hydrazine groups is 1. The zero-order chi connectivity index (χ0) is 13.8. The van der Waals surface area contributed by atoms with E-state index < -0.39 is 0 Å². The monoisotopic (exact) mass is 287 g/mol. The molecule has 0 fully saturated rings. The van der Waals surface area contributed by atoms with E-state index in [1.165, 1.54) is 11.3 Å². The predicted octanol–water partition coefficient (Wildman–Crippen LogP) is 2.69. The maximum absolute atomic E-state index is 11.8. The van der Waals surface area contributed by atoms with E-state index in [2.05, 4.69) is 38.1 Å². The highest BCUT2D eigenvalue weighted by atomic mass is 32.2. The van der Waals surface area contributed by atoms with Crippen LogP contribution in [0.25, 0.3) is 0 Å². The number of carbonyl (C=O) groups is 1. The SMILES string of the molecule is CCCSCc1nc(C(C)(C)C)c(C(=O)NN)s1. The summed E-state index contributed by atoms with van der Waals surface area (Å²) in [5.41, 5.74) is 2.89. The number of nitrogen functional groups attached to an aromatic ring is 1. The highest BCUT2D eigenvalue weighted by molar-refractivity contribution is 7.98. The summed E-state index contributed by atoms with van der Waals surface area (Å²) in [6.07, 6.45) is 1.15. The van der Waals surface area contributed by atoms with Gasteiger partial charge in [0, 0.05) is 11.2 Å². The fourth-order valence-electron chi connectivity index (χ4n) is 1.46. The Morgan fingerprint density at radius 1 is 1.50 bits per heavy atom. The molecule has 4 nitrogen and oxygen atoms in total. The zero-order valence-corrected chi connectivity index (χ0v) is 13.0. The minimum absolute atomic E-state index is 0.147. The van der Waals surface area contributed by atoms with Gasteiger partial charge < -0.3 is 0 Å². The Hall–Kier alpha value is -0.590. The highest BCUT2D eigenvalue weighted by Crippen LogP contribution is 2.31. The van der Waals surface area contributed by atoms with Gasteiger partial charge in [-0.2, -0.15) is 11.8 Å². The molecule has 0 radical (unpaired) electrons. The summed E-state index contributed by atoms with van der Waals surface area (Å²) in [6, 6.07) is 0. The number of nitrogens with zero attached hydrogens (tertiary/aromatic N) is 1. The van der Waals surface area contributed by atoms with Crippen LogP contribution >= 0.6 is 23.1 Å². The van der Waals surface area contributed by atoms with Gasteiger partial charge in [0.1, 0.15) is 9.88 Å². The number of thioether (sulfide) groups is 1. The minimum Gasteiger partial charge on any atom is -0.289 e. The van der Waals surface area contributed by atoms with Crippen molar-refractivity contribution in [1.29, 1.82) is 0 Å². The first-order valence-electron chi connectivity index (χ1n) is 5.99. The van der Waals surface area contributed by atoms with Crippen LogP contribution in [-0.4, -0.2) is 16.6 Å². The second-order valence-corrected chi connectivity index (χ2v) is 7.25. The maximum atomic E-state index is 11.8. The van der Waals surface area contributed by atoms with Crippen LogP contribution in [0.1, 0.15) is 54.5 Å². The quantitative estimate of drug-likeness (QED) is 0.378. The van der Waals surface area contributed by atoms with Crippen molar-refractivity contribution in [1.82, 2.24) is 10.4 Å². The third-order valence-electron chi connectivity index (χ3n) is 2.29. The summed E-state index contributed by atoms with van der Waals surface area (Å²) in [5.74, 6) is 6.95. The first kappa shape index (κ1) is 15.5. The molecule has 1 aromatic heterocycles. The number of nitrogens with one attached hydrogen (secondary N) is 1. The Bertz CT molecular complexity index is 410. The fraction of sp³-hybridized carbons (Fsp3) is 0.667. The number of aromatic nitrogens is 1. The van der Waals surface area contributed by atoms with Gasteiger partial charge in [0.25, 0.3) is 5.91 Å². The van der Waals surface area contributed by atoms with Gasteiger partial charge in [-0.15, -0.1) is 11.3 Å². The van der Waals surface area contributed by atoms with Crippen LogP contribution in [0, 0.1) is 0 Å². The lowest BCUT2D eigenvalue weighted by Gasteiger charge is -2.16. The molecule has 0 aromatic carbocycles. The van der Waals surface area contributed by atoms with Crippen LogP contribution in [0.4, 0.5) is 0 Å². The number of hydrogen-bond donors (Lipinski definition) is 2. The lowest BCUT2D eigenvalue weighted by Crippen LogP contribution is -2.31. The maximum Gasteiger partial charge on any atom is 0.277 e. The summed E-state index contributed by atoms with van der Waals surface area (Å²) in [5, 5.41) is 0.997. The third kappa shape index (κ3) is 3.96. The van der Waals surface area contributed by atoms with Crippen LogP contribution in [0.15, 0.2) is 0 Å². The van der Waals surface area contributed by atoms with Crippen LogP contribution in [0.5, 0.6) is 0 Å². The summed E-state index contributed by atoms with van der Waals surface area (Å²) in [4.78, 5) is 17.0. The molecule has 0 aliphatic carbocycles. The van der Waals surface area contributed by atoms with Crippen molar-refractivity contribution >= 4 is 29.0 Å². The molecule has 6 heteroatoms. The lowest BCUT2D eigenvalue weighted by molar-refractivity contribution is 0.0955. The Balaban J connectivity index is 2.97. The van der Waals surface area contributed by atoms with Gasteiger partial charge in [-0.1, -0.05) is 27.7 Å². The van der Waals surface area contributed by atoms with E-state index in [1.807, 2.05) is 11.8 Å². The topological polar surface area (TPSA) is 68.0 Å². The number of carbonyl (C=O) groups excluding carboxylic acids is 1. The molecule has 0 unspecified atom stereocenters. The predicted molar refractivity (Wildman–Crippen MR) is 78.9 cm³/mol. The Labute approximate surface area is 117 Å². The Morgan fingerprint density at radius 3 is 2.67 bits per heavy atom. The Kier molecular flexibility index (Phi) is 5.62. The molecule has 102 valence electrons. The van der Waals surface area contributed by atoms with E-state index in [4.69, 9.17) is 5.84 Å². The van der Waals surface area contributed by atoms with Crippen molar-refractivity contribution in [3.63, 3.8) is 0 Å². The van der Waals surface area contributed by atoms with Gasteiger partial charge in [0.15, 0.2) is 0 Å². The molecule has 18 heavy (non-hydrogen) atoms. The molecule has 0 saturated carbocycles. The van der Waals surface area contributed by atoms with Gasteiger partial charge in [-0.25, -0.2) is 10.8 Å². The molecular weight excluding hydrogens is 266 g/mol. The van der Waals surface area contributed by atoms with Gasteiger partial charge in [0.2, 0.25) is 0 Å². The first-order valence-corrected chi connectivity index (χ1v) is 7.96. The van der Waals surface area contributed by atoms with Crippen molar-refractivity contribution in [2.24, 2.45) is 5.84 Å². The molecule has 0 bridgehead atoms. The number of amides is 1. The zero-order valence-electron chi connectivity index (χ0n) is 11.4. The van der Waals surface area contributed by atoms with E-state index in [0.717, 1.165) is 28.6 Å². The Morgan fingerprint density at radius 2 is 2.17 bits per heavy atom. The summed E-state index contributed by atoms with van der Waals surface area (Å²) in [7, 11) is 0. The number of nitrogens with two attached hydrogens (primary N) is 1. The molecule has 0 aliphatic rings. The van der Waals surface area contributed by atoms with Crippen molar-refractivity contribution < 1.29 is 4.79 Å². The second kappa shape index (κ2) is 6.54. The van der Waals surface area contributed by atoms with E-state index in [0.29, 0.717) is 4.88 Å². The average Bonchev–Trinajstić information content (AvgIpc) is 2.72. The molecule has 0 atom stereocenters. The molecule has 1 amide bonds. The molecule has 1 aromatic rings. The van der Waals surface area contributed by atoms with Crippen molar-refractivity contribution in [2.75, 3.05) is 5.75 Å². The van der Waals surface area contributed by atoms with Gasteiger partial charge in [-0.3, -0.25) is 10.2 Å². The third-order valence-corrected chi connectivity index (χ3v) is 4.70. The van der Waals surface area contributed by atoms with Gasteiger partial charge in [-0.05, 0) is 12.2 Å². The molecule has 0 saturated heterocycles. The van der Waals surface area contributed by atoms with Crippen molar-refractivity contribution in [3.8, 4) is 0 Å². The number of hydrogen-bond acceptors (Lipinski definition) is 5. The summed E-state index contributed by atoms with van der Waals surface area (Å²) in [6.45, 7) is 8.32. The van der Waals surface area contributed by atoms with E-state index >= 15 is 0 Å². The van der Waals surface area contributed by atoms with E-state index in [1.54, 1.807) is 0 Å². The summed E-state index contributed by atoms with van der Waals surface area (Å²) >= 11 is 3.29. The van der Waals surface area contributed by atoms with E-state index in [-0.39, 0.29) is 11.3 Å². The number of thiazole rings is 1. The smallest absolute Gasteiger partial charge is 0.277 e. The van der Waals surface area contributed by atoms with Crippen LogP contribution in [0.3, 0.4) is 0 Å². The van der Waals surface area contributed by atoms with Crippen LogP contribution in [0.2, 0.25) is 0 Å². The largest absolute Gasteiger partial charge is 0.289 e. The lowest BCUT2D eigenvalue weighted by atomic mass is 9.91. The number of rotatable bonds is 5. The second-order valence-electron chi connectivity index (χ2n) is 5.06. The highest BCUT2D eigenvalue weighted by Gasteiger charge is 2.26. The molecule has 1 heterocycles. The van der Waals surface area contributed by atoms with Gasteiger partial charge in [0.05, 0.1) is 5.69 Å². The fourth-order valence-corrected chi connectivity index (χ4v) is 3.59. The first-order chi connectivity index (χ1) is 8.40. The average molecular weight is 287 g/mol. The molecular formula is C12H21N3OS2. The minimum atomic E-state index is -0.246. The van der Waals surface area contributed by atoms with E-state index in [9.17, 15) is 4.79 Å². The van der Waals surface area contributed by atoms with Crippen LogP contribution in [-0.2, 0) is 11.2 Å². The summed E-state index contributed by atoms with van der Waals surface area (Å²) < 4.78 is 0. The molecule has 1 rings (SSSR count). The standard InChI is InChI=1S/C12H21N3OS2/c1-5-6-17-7-8-14-10(12(2,3)4)9(18-8)11(16)15-13/h5-7,13H2,1-4H3,(H,15,16). The molecule has 0 aliphatic heterocycles. The van der Waals surface area contributed by atoms with Crippen molar-refractivity contribution in [2.45, 2.75) is 45.3 Å². The van der Waals surface area contributed by atoms with Crippen LogP contribution < -0.4 is 11.3 Å². The van der Waals surface area contributed by atoms with Gasteiger partial charge >= 0.3 is 0 Å².